The van der Waals surface area contributed by atoms with E-state index in [1.807, 2.05) is 0 Å². The number of nitrogens with two attached hydrogens (primary N) is 1. The highest BCUT2D eigenvalue weighted by atomic mass is 16.2. The van der Waals surface area contributed by atoms with Gasteiger partial charge in [0.05, 0.1) is 12.0 Å². The van der Waals surface area contributed by atoms with Crippen LogP contribution >= 0.6 is 0 Å². The van der Waals surface area contributed by atoms with Gasteiger partial charge in [-0.2, -0.15) is 0 Å². The summed E-state index contributed by atoms with van der Waals surface area (Å²) in [6.07, 6.45) is 7.95. The van der Waals surface area contributed by atoms with Gasteiger partial charge in [0.15, 0.2) is 0 Å². The van der Waals surface area contributed by atoms with Crippen molar-refractivity contribution in [2.24, 2.45) is 17.1 Å². The van der Waals surface area contributed by atoms with Gasteiger partial charge in [-0.15, -0.1) is 0 Å². The van der Waals surface area contributed by atoms with Crippen LogP contribution in [0.3, 0.4) is 0 Å². The molecule has 2 atom stereocenters. The van der Waals surface area contributed by atoms with E-state index in [2.05, 4.69) is 27.7 Å². The van der Waals surface area contributed by atoms with Gasteiger partial charge in [0.2, 0.25) is 23.6 Å². The van der Waals surface area contributed by atoms with Crippen LogP contribution in [0.15, 0.2) is 12.2 Å². The molecule has 0 bridgehead atoms. The van der Waals surface area contributed by atoms with Crippen molar-refractivity contribution in [3.8, 4) is 0 Å². The summed E-state index contributed by atoms with van der Waals surface area (Å²) < 4.78 is 0. The molecule has 0 unspecified atom stereocenters. The molecule has 3 rings (SSSR count). The standard InChI is InChI=1S/C22H35N5O4/c1-16(28)27-12-8-22(9-13-27)7-3-2-4-17-15-26(11-6-19(23)29)10-5-18(17)25-20(30)14-24-21(22)31/h2-3,17-18H,4-15H2,1H3,(H2,23,29)(H,24,31)(H,25,30)/b3-2+/t17-,18+/m0/s1. The summed E-state index contributed by atoms with van der Waals surface area (Å²) in [5, 5.41) is 5.94. The van der Waals surface area contributed by atoms with Gasteiger partial charge in [0, 0.05) is 52.1 Å². The van der Waals surface area contributed by atoms with Crippen LogP contribution in [0.4, 0.5) is 0 Å². The van der Waals surface area contributed by atoms with Crippen LogP contribution in [-0.4, -0.2) is 78.7 Å². The second kappa shape index (κ2) is 10.3. The number of nitrogens with zero attached hydrogens (tertiary/aromatic N) is 2. The van der Waals surface area contributed by atoms with Crippen LogP contribution in [0.1, 0.15) is 45.4 Å². The molecule has 3 aliphatic rings. The molecule has 0 aromatic heterocycles. The number of rotatable bonds is 3. The predicted octanol–water partition coefficient (Wildman–Crippen LogP) is -0.237. The maximum Gasteiger partial charge on any atom is 0.239 e. The van der Waals surface area contributed by atoms with E-state index in [1.165, 1.54) is 0 Å². The molecule has 4 N–H and O–H groups in total. The normalized spacial score (nSPS) is 28.5. The monoisotopic (exact) mass is 433 g/mol. The number of carbonyl (C=O) groups is 4. The Balaban J connectivity index is 1.69. The highest BCUT2D eigenvalue weighted by molar-refractivity contribution is 5.88. The van der Waals surface area contributed by atoms with Gasteiger partial charge in [0.1, 0.15) is 0 Å². The summed E-state index contributed by atoms with van der Waals surface area (Å²) >= 11 is 0. The zero-order valence-corrected chi connectivity index (χ0v) is 18.4. The molecule has 0 aromatic rings. The van der Waals surface area contributed by atoms with Crippen molar-refractivity contribution in [3.63, 3.8) is 0 Å². The summed E-state index contributed by atoms with van der Waals surface area (Å²) in [5.74, 6) is -0.301. The number of hydrogen-bond donors (Lipinski definition) is 3. The van der Waals surface area contributed by atoms with E-state index in [9.17, 15) is 19.2 Å². The first-order chi connectivity index (χ1) is 14.8. The maximum atomic E-state index is 13.0. The molecule has 0 aliphatic carbocycles. The molecule has 0 saturated carbocycles. The third kappa shape index (κ3) is 6.06. The van der Waals surface area contributed by atoms with Crippen molar-refractivity contribution in [3.05, 3.63) is 12.2 Å². The lowest BCUT2D eigenvalue weighted by atomic mass is 9.74. The molecule has 9 heteroatoms. The highest BCUT2D eigenvalue weighted by Crippen LogP contribution is 2.36. The third-order valence-corrected chi connectivity index (χ3v) is 7.01. The van der Waals surface area contributed by atoms with E-state index in [-0.39, 0.29) is 42.1 Å². The minimum Gasteiger partial charge on any atom is -0.370 e. The minimum atomic E-state index is -0.582. The van der Waals surface area contributed by atoms with Gasteiger partial charge in [-0.05, 0) is 38.0 Å². The zero-order chi connectivity index (χ0) is 22.4. The summed E-state index contributed by atoms with van der Waals surface area (Å²) in [4.78, 5) is 52.4. The molecule has 4 amide bonds. The second-order valence-electron chi connectivity index (χ2n) is 9.12. The number of fused-ring (bicyclic) bond motifs is 1. The fourth-order valence-electron chi connectivity index (χ4n) is 4.97. The number of primary amides is 1. The average molecular weight is 434 g/mol. The molecule has 2 fully saturated rings. The summed E-state index contributed by atoms with van der Waals surface area (Å²) in [6.45, 7) is 4.88. The molecule has 0 radical (unpaired) electrons. The lowest BCUT2D eigenvalue weighted by molar-refractivity contribution is -0.140. The van der Waals surface area contributed by atoms with Crippen molar-refractivity contribution < 1.29 is 19.2 Å². The van der Waals surface area contributed by atoms with Gasteiger partial charge >= 0.3 is 0 Å². The topological polar surface area (TPSA) is 125 Å². The first-order valence-electron chi connectivity index (χ1n) is 11.3. The number of amides is 4. The van der Waals surface area contributed by atoms with Crippen LogP contribution in [0.2, 0.25) is 0 Å². The Bertz CT molecular complexity index is 729. The van der Waals surface area contributed by atoms with Crippen molar-refractivity contribution in [2.75, 3.05) is 39.3 Å². The van der Waals surface area contributed by atoms with E-state index in [1.54, 1.807) is 11.8 Å². The van der Waals surface area contributed by atoms with E-state index in [4.69, 9.17) is 5.73 Å². The molecule has 2 saturated heterocycles. The van der Waals surface area contributed by atoms with Crippen molar-refractivity contribution >= 4 is 23.6 Å². The lowest BCUT2D eigenvalue weighted by Gasteiger charge is -2.41. The molecule has 31 heavy (non-hydrogen) atoms. The van der Waals surface area contributed by atoms with Crippen LogP contribution in [0, 0.1) is 11.3 Å². The second-order valence-corrected chi connectivity index (χ2v) is 9.12. The first-order valence-corrected chi connectivity index (χ1v) is 11.3. The molecule has 1 spiro atoms. The molecular weight excluding hydrogens is 398 g/mol. The average Bonchev–Trinajstić information content (AvgIpc) is 2.74. The Kier molecular flexibility index (Phi) is 7.69. The highest BCUT2D eigenvalue weighted by Gasteiger charge is 2.41. The molecule has 0 aromatic carbocycles. The van der Waals surface area contributed by atoms with Gasteiger partial charge < -0.3 is 26.2 Å². The molecule has 172 valence electrons. The van der Waals surface area contributed by atoms with E-state index >= 15 is 0 Å². The SMILES string of the molecule is CC(=O)N1CCC2(C/C=C/C[C@H]3CN(CCC(N)=O)CC[C@H]3NC(=O)CNC2=O)CC1. The Hall–Kier alpha value is -2.42. The number of carbonyl (C=O) groups excluding carboxylic acids is 4. The quantitative estimate of drug-likeness (QED) is 0.530. The van der Waals surface area contributed by atoms with E-state index in [0.717, 1.165) is 25.9 Å². The fourth-order valence-corrected chi connectivity index (χ4v) is 4.97. The Morgan fingerprint density at radius 2 is 1.94 bits per heavy atom. The molecule has 3 heterocycles. The Morgan fingerprint density at radius 1 is 1.19 bits per heavy atom. The summed E-state index contributed by atoms with van der Waals surface area (Å²) in [7, 11) is 0. The summed E-state index contributed by atoms with van der Waals surface area (Å²) in [6, 6.07) is 0.0473. The van der Waals surface area contributed by atoms with Crippen molar-refractivity contribution in [2.45, 2.75) is 51.5 Å². The van der Waals surface area contributed by atoms with Gasteiger partial charge in [-0.25, -0.2) is 0 Å². The zero-order valence-electron chi connectivity index (χ0n) is 18.4. The van der Waals surface area contributed by atoms with Crippen LogP contribution in [0.25, 0.3) is 0 Å². The van der Waals surface area contributed by atoms with Crippen molar-refractivity contribution in [1.82, 2.24) is 20.4 Å². The fraction of sp³-hybridized carbons (Fsp3) is 0.727. The van der Waals surface area contributed by atoms with Crippen molar-refractivity contribution in [1.29, 1.82) is 0 Å². The Labute approximate surface area is 183 Å². The molecular formula is C22H35N5O4. The number of hydrogen-bond acceptors (Lipinski definition) is 5. The predicted molar refractivity (Wildman–Crippen MR) is 116 cm³/mol. The van der Waals surface area contributed by atoms with Gasteiger partial charge in [0.25, 0.3) is 0 Å². The largest absolute Gasteiger partial charge is 0.370 e. The Morgan fingerprint density at radius 3 is 2.61 bits per heavy atom. The van der Waals surface area contributed by atoms with Crippen LogP contribution in [-0.2, 0) is 19.2 Å². The number of nitrogens with one attached hydrogen (secondary N) is 2. The molecule has 9 nitrogen and oxygen atoms in total. The summed E-state index contributed by atoms with van der Waals surface area (Å²) in [5.41, 5.74) is 4.71. The van der Waals surface area contributed by atoms with Gasteiger partial charge in [-0.1, -0.05) is 12.2 Å². The van der Waals surface area contributed by atoms with Crippen LogP contribution in [0.5, 0.6) is 0 Å². The number of allylic oxidation sites excluding steroid dienone is 2. The van der Waals surface area contributed by atoms with Gasteiger partial charge in [-0.3, -0.25) is 19.2 Å². The van der Waals surface area contributed by atoms with Crippen LogP contribution < -0.4 is 16.4 Å². The first kappa shape index (κ1) is 23.2. The third-order valence-electron chi connectivity index (χ3n) is 7.01. The molecule has 3 aliphatic heterocycles. The lowest BCUT2D eigenvalue weighted by Crippen LogP contribution is -2.54. The number of piperidine rings is 2. The van der Waals surface area contributed by atoms with E-state index in [0.29, 0.717) is 45.3 Å². The minimum absolute atomic E-state index is 0.0302. The number of likely N-dealkylation sites (tertiary alicyclic amines) is 2. The van der Waals surface area contributed by atoms with E-state index < -0.39 is 5.41 Å². The smallest absolute Gasteiger partial charge is 0.239 e. The maximum absolute atomic E-state index is 13.0.